The van der Waals surface area contributed by atoms with Crippen molar-refractivity contribution in [2.24, 2.45) is 0 Å². The van der Waals surface area contributed by atoms with Gasteiger partial charge in [-0.05, 0) is 60.1 Å². The quantitative estimate of drug-likeness (QED) is 0.130. The summed E-state index contributed by atoms with van der Waals surface area (Å²) >= 11 is 0. The zero-order valence-corrected chi connectivity index (χ0v) is 32.9. The molecule has 0 saturated heterocycles. The second-order valence-corrected chi connectivity index (χ2v) is 15.3. The van der Waals surface area contributed by atoms with E-state index in [0.717, 1.165) is 10.8 Å². The average Bonchev–Trinajstić information content (AvgIpc) is 3.67. The number of hydrogen-bond donors (Lipinski definition) is 0. The van der Waals surface area contributed by atoms with Gasteiger partial charge in [-0.25, -0.2) is 0 Å². The lowest BCUT2D eigenvalue weighted by Crippen LogP contribution is -2.51. The molecule has 1 aromatic heterocycles. The number of hydrogen-bond acceptors (Lipinski definition) is 1. The van der Waals surface area contributed by atoms with Crippen molar-refractivity contribution in [3.63, 3.8) is 0 Å². The molecule has 0 bridgehead atoms. The maximum absolute atomic E-state index is 7.15. The Kier molecular flexibility index (Phi) is 10.2. The van der Waals surface area contributed by atoms with E-state index in [4.69, 9.17) is 153 Å². The van der Waals surface area contributed by atoms with Crippen molar-refractivity contribution < 1.29 is 4.42 Å². The Hall–Kier alpha value is -4.43. The average molecular weight is 733 g/mol. The van der Waals surface area contributed by atoms with Crippen LogP contribution in [0.25, 0.3) is 87.6 Å². The molecule has 0 unspecified atom stereocenters. The molecule has 20 heteroatoms. The molecule has 0 fully saturated rings. The smallest absolute Gasteiger partial charge is 0.141 e. The molecule has 0 saturated carbocycles. The van der Waals surface area contributed by atoms with Crippen LogP contribution in [0, 0.1) is 0 Å². The van der Waals surface area contributed by atoms with Gasteiger partial charge < -0.3 is 4.42 Å². The predicted octanol–water partition coefficient (Wildman–Crippen LogP) is -10.9. The van der Waals surface area contributed by atoms with E-state index in [0.29, 0.717) is 21.9 Å². The van der Waals surface area contributed by atoms with Crippen LogP contribution in [0.2, 0.25) is 0 Å². The van der Waals surface area contributed by atoms with E-state index in [9.17, 15) is 0 Å². The fourth-order valence-electron chi connectivity index (χ4n) is 8.92. The van der Waals surface area contributed by atoms with Crippen LogP contribution in [0.5, 0.6) is 0 Å². The van der Waals surface area contributed by atoms with Gasteiger partial charge in [-0.1, -0.05) is 108 Å². The first-order chi connectivity index (χ1) is 29.3. The molecule has 1 nitrogen and oxygen atoms in total. The molecule has 0 amide bonds. The second-order valence-electron chi connectivity index (χ2n) is 15.3. The summed E-state index contributed by atoms with van der Waals surface area (Å²) in [6, 6.07) is 13.4. The first kappa shape index (κ1) is 42.9. The Balaban J connectivity index is 1.52. The molecule has 9 aromatic rings. The van der Waals surface area contributed by atoms with Gasteiger partial charge in [0.25, 0.3) is 0 Å². The van der Waals surface area contributed by atoms with Gasteiger partial charge in [0, 0.05) is 16.3 Å². The Labute approximate surface area is 385 Å². The number of benzene rings is 8. The summed E-state index contributed by atoms with van der Waals surface area (Å²) in [6.07, 6.45) is 0. The van der Waals surface area contributed by atoms with Crippen molar-refractivity contribution in [1.82, 2.24) is 0 Å². The van der Waals surface area contributed by atoms with Crippen molar-refractivity contribution in [1.29, 1.82) is 0 Å². The Bertz CT molecular complexity index is 3460. The van der Waals surface area contributed by atoms with Crippen molar-refractivity contribution in [2.75, 3.05) is 0 Å². The minimum absolute atomic E-state index is 0.00134. The third-order valence-corrected chi connectivity index (χ3v) is 12.2. The maximum atomic E-state index is 7.15. The number of furan rings is 1. The fourth-order valence-corrected chi connectivity index (χ4v) is 8.92. The van der Waals surface area contributed by atoms with Crippen LogP contribution in [-0.4, -0.2) is 149 Å². The molecule has 62 heavy (non-hydrogen) atoms. The third-order valence-electron chi connectivity index (χ3n) is 12.2. The van der Waals surface area contributed by atoms with E-state index in [1.54, 1.807) is 0 Å². The third kappa shape index (κ3) is 5.56. The van der Waals surface area contributed by atoms with Gasteiger partial charge >= 0.3 is 0 Å². The standard InChI is InChI=1S/C42H7B19O/c43-22-13-11(10-7-3-5-8-4-1-2-6-9(8)10)14-16(25(46)37(58)35(56)23(14)44)12(15(13)24(45)36(57)34(22)55)17-26(47)28(49)18(29(50)27(17)48)19-30(51)33(54)31(52)20-21-32(53)38(59)39(60)40(61)42(21)62-41(19)20/h1-7H. The summed E-state index contributed by atoms with van der Waals surface area (Å²) in [6.45, 7) is 0. The normalized spacial score (nSPS) is 11.8. The fraction of sp³-hybridized carbons (Fsp3) is 0. The lowest BCUT2D eigenvalue weighted by molar-refractivity contribution is 0.673. The van der Waals surface area contributed by atoms with Crippen molar-refractivity contribution >= 4 is 307 Å². The van der Waals surface area contributed by atoms with Gasteiger partial charge in [0.05, 0.1) is 0 Å². The van der Waals surface area contributed by atoms with Gasteiger partial charge in [-0.2, -0.15) is 0 Å². The molecule has 0 aliphatic carbocycles. The van der Waals surface area contributed by atoms with Crippen molar-refractivity contribution in [3.8, 4) is 33.4 Å². The van der Waals surface area contributed by atoms with E-state index in [-0.39, 0.29) is 159 Å². The summed E-state index contributed by atoms with van der Waals surface area (Å²) in [5, 5.41) is 3.21. The Morgan fingerprint density at radius 3 is 1.06 bits per heavy atom. The summed E-state index contributed by atoms with van der Waals surface area (Å²) in [7, 11) is 128. The van der Waals surface area contributed by atoms with Crippen LogP contribution in [0.1, 0.15) is 0 Å². The van der Waals surface area contributed by atoms with E-state index in [2.05, 4.69) is 0 Å². The number of rotatable bonds is 3. The summed E-state index contributed by atoms with van der Waals surface area (Å²) in [4.78, 5) is 0. The minimum Gasteiger partial charge on any atom is -0.456 e. The molecule has 0 spiro atoms. The van der Waals surface area contributed by atoms with Gasteiger partial charge in [0.15, 0.2) is 0 Å². The van der Waals surface area contributed by atoms with Crippen LogP contribution in [-0.2, 0) is 0 Å². The van der Waals surface area contributed by atoms with Crippen LogP contribution in [0.3, 0.4) is 0 Å². The van der Waals surface area contributed by atoms with Crippen LogP contribution < -0.4 is 104 Å². The van der Waals surface area contributed by atoms with E-state index < -0.39 is 0 Å². The summed E-state index contributed by atoms with van der Waals surface area (Å²) in [5.41, 5.74) is 0.790. The lowest BCUT2D eigenvalue weighted by atomic mass is 9.56. The highest BCUT2D eigenvalue weighted by Crippen LogP contribution is 2.42. The first-order valence-corrected chi connectivity index (χ1v) is 18.7. The van der Waals surface area contributed by atoms with Crippen LogP contribution in [0.4, 0.5) is 0 Å². The van der Waals surface area contributed by atoms with Crippen LogP contribution in [0.15, 0.2) is 46.9 Å². The monoisotopic (exact) mass is 736 g/mol. The summed E-state index contributed by atoms with van der Waals surface area (Å²) < 4.78 is 6.35. The molecule has 0 aliphatic rings. The van der Waals surface area contributed by atoms with Crippen LogP contribution >= 0.6 is 0 Å². The van der Waals surface area contributed by atoms with Gasteiger partial charge in [0.2, 0.25) is 0 Å². The minimum atomic E-state index is -0.145. The molecule has 238 valence electrons. The molecule has 9 rings (SSSR count). The highest BCUT2D eigenvalue weighted by Gasteiger charge is 2.29. The molecule has 8 aromatic carbocycles. The van der Waals surface area contributed by atoms with Gasteiger partial charge in [-0.15, -0.1) is 38.2 Å². The Morgan fingerprint density at radius 1 is 0.242 bits per heavy atom. The van der Waals surface area contributed by atoms with E-state index in [1.807, 2.05) is 42.5 Å². The Morgan fingerprint density at radius 2 is 0.581 bits per heavy atom. The van der Waals surface area contributed by atoms with Gasteiger partial charge in [0.1, 0.15) is 160 Å². The molecule has 0 atom stereocenters. The zero-order valence-electron chi connectivity index (χ0n) is 32.9. The molecule has 0 N–H and O–H groups in total. The lowest BCUT2D eigenvalue weighted by Gasteiger charge is -2.31. The first-order valence-electron chi connectivity index (χ1n) is 18.7. The van der Waals surface area contributed by atoms with E-state index >= 15 is 0 Å². The second kappa shape index (κ2) is 14.8. The molecular weight excluding hydrogens is 726 g/mol. The topological polar surface area (TPSA) is 13.1 Å². The zero-order chi connectivity index (χ0) is 44.9. The largest absolute Gasteiger partial charge is 0.456 e. The van der Waals surface area contributed by atoms with E-state index in [1.165, 1.54) is 0 Å². The predicted molar refractivity (Wildman–Crippen MR) is 285 cm³/mol. The van der Waals surface area contributed by atoms with Crippen molar-refractivity contribution in [2.45, 2.75) is 0 Å². The molecule has 0 aliphatic heterocycles. The van der Waals surface area contributed by atoms with Crippen molar-refractivity contribution in [3.05, 3.63) is 42.5 Å². The maximum Gasteiger partial charge on any atom is 0.141 e. The molecule has 1 heterocycles. The number of fused-ring (bicyclic) bond motifs is 6. The highest BCUT2D eigenvalue weighted by atomic mass is 16.3. The SMILES string of the molecule is [B]c1c([B])c(-c2c3c([B])c([B])c([B])c([B])c3c(-c3cccc4ccccc34)c3c([B])c([B])c([B])c([B])c23)c([B])c([B])c1-c1c([B])c([B])c([B])c2c1oc1c([B])c([B])c([B])c([B])c12. The van der Waals surface area contributed by atoms with Gasteiger partial charge in [-0.3, -0.25) is 0 Å². The molecular formula is C42H7B19O. The highest BCUT2D eigenvalue weighted by molar-refractivity contribution is 6.74. The summed E-state index contributed by atoms with van der Waals surface area (Å²) in [5.74, 6) is 0. The molecule has 38 radical (unpaired) electrons.